The van der Waals surface area contributed by atoms with Crippen molar-refractivity contribution in [3.05, 3.63) is 24.0 Å². The molecule has 22 heavy (non-hydrogen) atoms. The standard InChI is InChI=1S/C15H17Cl2FN2O2/c1-14(9-15(14,16)17)13(21)19-11-6-10(18)7-12(8-11)20-2-4-22-5-3-20/h6-8H,2-5,9H2,1H3,(H,19,21)/t14-/m1/s1. The van der Waals surface area contributed by atoms with E-state index in [1.54, 1.807) is 13.0 Å². The van der Waals surface area contributed by atoms with E-state index in [0.29, 0.717) is 38.4 Å². The lowest BCUT2D eigenvalue weighted by molar-refractivity contribution is -0.120. The summed E-state index contributed by atoms with van der Waals surface area (Å²) in [6.45, 7) is 4.31. The summed E-state index contributed by atoms with van der Waals surface area (Å²) >= 11 is 12.0. The largest absolute Gasteiger partial charge is 0.378 e. The van der Waals surface area contributed by atoms with E-state index in [1.165, 1.54) is 12.1 Å². The van der Waals surface area contributed by atoms with Crippen LogP contribution in [0.5, 0.6) is 0 Å². The number of hydrogen-bond donors (Lipinski definition) is 1. The number of benzene rings is 1. The molecule has 3 rings (SSSR count). The number of alkyl halides is 2. The van der Waals surface area contributed by atoms with Crippen molar-refractivity contribution in [2.45, 2.75) is 17.7 Å². The van der Waals surface area contributed by atoms with E-state index in [0.717, 1.165) is 5.69 Å². The molecule has 1 saturated carbocycles. The number of carbonyl (C=O) groups excluding carboxylic acids is 1. The van der Waals surface area contributed by atoms with E-state index in [2.05, 4.69) is 5.32 Å². The maximum Gasteiger partial charge on any atom is 0.233 e. The summed E-state index contributed by atoms with van der Waals surface area (Å²) in [5.74, 6) is -0.695. The predicted octanol–water partition coefficient (Wildman–Crippen LogP) is 3.18. The third-order valence-corrected chi connectivity index (χ3v) is 5.38. The molecule has 1 N–H and O–H groups in total. The van der Waals surface area contributed by atoms with Gasteiger partial charge < -0.3 is 15.0 Å². The minimum absolute atomic E-state index is 0.295. The molecule has 2 fully saturated rings. The maximum atomic E-state index is 13.8. The van der Waals surface area contributed by atoms with Crippen molar-refractivity contribution < 1.29 is 13.9 Å². The van der Waals surface area contributed by atoms with Crippen LogP contribution >= 0.6 is 23.2 Å². The van der Waals surface area contributed by atoms with Crippen molar-refractivity contribution in [3.8, 4) is 0 Å². The Bertz CT molecular complexity index is 605. The van der Waals surface area contributed by atoms with Gasteiger partial charge in [-0.1, -0.05) is 0 Å². The predicted molar refractivity (Wildman–Crippen MR) is 85.2 cm³/mol. The number of rotatable bonds is 3. The van der Waals surface area contributed by atoms with Crippen molar-refractivity contribution in [3.63, 3.8) is 0 Å². The second kappa shape index (κ2) is 5.55. The third-order valence-electron chi connectivity index (χ3n) is 4.28. The van der Waals surface area contributed by atoms with Crippen LogP contribution in [0.4, 0.5) is 15.8 Å². The fraction of sp³-hybridized carbons (Fsp3) is 0.533. The van der Waals surface area contributed by atoms with E-state index in [4.69, 9.17) is 27.9 Å². The highest BCUT2D eigenvalue weighted by molar-refractivity contribution is 6.53. The van der Waals surface area contributed by atoms with Crippen LogP contribution in [0.2, 0.25) is 0 Å². The van der Waals surface area contributed by atoms with Crippen LogP contribution in [-0.2, 0) is 9.53 Å². The van der Waals surface area contributed by atoms with Crippen LogP contribution in [0.1, 0.15) is 13.3 Å². The first-order valence-electron chi connectivity index (χ1n) is 7.14. The van der Waals surface area contributed by atoms with Gasteiger partial charge in [0.2, 0.25) is 5.91 Å². The number of ether oxygens (including phenoxy) is 1. The average molecular weight is 347 g/mol. The molecule has 2 aliphatic rings. The van der Waals surface area contributed by atoms with Crippen molar-refractivity contribution in [2.75, 3.05) is 36.5 Å². The summed E-state index contributed by atoms with van der Waals surface area (Å²) < 4.78 is 18.1. The zero-order chi connectivity index (χ0) is 16.0. The molecule has 1 heterocycles. The van der Waals surface area contributed by atoms with Crippen LogP contribution in [-0.4, -0.2) is 36.5 Å². The molecule has 4 nitrogen and oxygen atoms in total. The first-order chi connectivity index (χ1) is 10.3. The molecule has 0 unspecified atom stereocenters. The number of nitrogens with zero attached hydrogens (tertiary/aromatic N) is 1. The molecule has 1 saturated heterocycles. The monoisotopic (exact) mass is 346 g/mol. The van der Waals surface area contributed by atoms with Gasteiger partial charge in [0, 0.05) is 24.5 Å². The summed E-state index contributed by atoms with van der Waals surface area (Å²) in [6, 6.07) is 4.49. The van der Waals surface area contributed by atoms with E-state index < -0.39 is 15.6 Å². The van der Waals surface area contributed by atoms with E-state index in [1.807, 2.05) is 4.90 Å². The Morgan fingerprint density at radius 2 is 1.95 bits per heavy atom. The first kappa shape index (κ1) is 15.8. The highest BCUT2D eigenvalue weighted by Gasteiger charge is 2.67. The normalized spacial score (nSPS) is 26.6. The van der Waals surface area contributed by atoms with Crippen LogP contribution in [0.25, 0.3) is 0 Å². The summed E-state index contributed by atoms with van der Waals surface area (Å²) in [5, 5.41) is 2.71. The first-order valence-corrected chi connectivity index (χ1v) is 7.90. The summed E-state index contributed by atoms with van der Waals surface area (Å²) in [5.41, 5.74) is 0.299. The van der Waals surface area contributed by atoms with Gasteiger partial charge in [0.05, 0.1) is 18.6 Å². The molecule has 0 bridgehead atoms. The van der Waals surface area contributed by atoms with Crippen molar-refractivity contribution in [1.29, 1.82) is 0 Å². The summed E-state index contributed by atoms with van der Waals surface area (Å²) in [6.07, 6.45) is 0.389. The lowest BCUT2D eigenvalue weighted by Crippen LogP contribution is -2.36. The van der Waals surface area contributed by atoms with E-state index in [-0.39, 0.29) is 5.91 Å². The fourth-order valence-corrected chi connectivity index (χ4v) is 3.27. The van der Waals surface area contributed by atoms with Crippen LogP contribution < -0.4 is 10.2 Å². The number of hydrogen-bond acceptors (Lipinski definition) is 3. The van der Waals surface area contributed by atoms with Gasteiger partial charge in [-0.2, -0.15) is 0 Å². The van der Waals surface area contributed by atoms with Gasteiger partial charge in [-0.25, -0.2) is 4.39 Å². The number of halogens is 3. The van der Waals surface area contributed by atoms with Gasteiger partial charge in [-0.3, -0.25) is 4.79 Å². The molecule has 1 aromatic rings. The number of nitrogens with one attached hydrogen (secondary N) is 1. The lowest BCUT2D eigenvalue weighted by atomic mass is 10.1. The molecule has 0 spiro atoms. The molecular formula is C15H17Cl2FN2O2. The minimum atomic E-state index is -1.04. The van der Waals surface area contributed by atoms with E-state index in [9.17, 15) is 9.18 Å². The molecule has 1 aliphatic carbocycles. The molecule has 7 heteroatoms. The fourth-order valence-electron chi connectivity index (χ4n) is 2.57. The Morgan fingerprint density at radius 1 is 1.32 bits per heavy atom. The highest BCUT2D eigenvalue weighted by atomic mass is 35.5. The zero-order valence-corrected chi connectivity index (χ0v) is 13.7. The summed E-state index contributed by atoms with van der Waals surface area (Å²) in [7, 11) is 0. The highest BCUT2D eigenvalue weighted by Crippen LogP contribution is 2.64. The van der Waals surface area contributed by atoms with Gasteiger partial charge in [0.25, 0.3) is 0 Å². The molecule has 0 radical (unpaired) electrons. The summed E-state index contributed by atoms with van der Waals surface area (Å²) in [4.78, 5) is 14.3. The molecule has 120 valence electrons. The minimum Gasteiger partial charge on any atom is -0.378 e. The van der Waals surface area contributed by atoms with Crippen LogP contribution in [0.15, 0.2) is 18.2 Å². The van der Waals surface area contributed by atoms with Crippen molar-refractivity contribution >= 4 is 40.5 Å². The molecule has 1 atom stereocenters. The Labute approximate surface area is 138 Å². The molecule has 0 aromatic heterocycles. The van der Waals surface area contributed by atoms with Gasteiger partial charge in [0.1, 0.15) is 10.2 Å². The number of carbonyl (C=O) groups is 1. The lowest BCUT2D eigenvalue weighted by Gasteiger charge is -2.29. The SMILES string of the molecule is C[C@]1(C(=O)Nc2cc(F)cc(N3CCOCC3)c2)CC1(Cl)Cl. The Hall–Kier alpha value is -1.04. The van der Waals surface area contributed by atoms with Crippen LogP contribution in [0, 0.1) is 11.2 Å². The third kappa shape index (κ3) is 2.90. The van der Waals surface area contributed by atoms with Crippen LogP contribution in [0.3, 0.4) is 0 Å². The number of morpholine rings is 1. The Kier molecular flexibility index (Phi) is 4.00. The van der Waals surface area contributed by atoms with E-state index >= 15 is 0 Å². The smallest absolute Gasteiger partial charge is 0.233 e. The molecule has 1 aliphatic heterocycles. The molecule has 1 aromatic carbocycles. The maximum absolute atomic E-state index is 13.8. The number of amides is 1. The van der Waals surface area contributed by atoms with Gasteiger partial charge >= 0.3 is 0 Å². The Morgan fingerprint density at radius 3 is 2.55 bits per heavy atom. The topological polar surface area (TPSA) is 41.6 Å². The molecular weight excluding hydrogens is 330 g/mol. The van der Waals surface area contributed by atoms with Gasteiger partial charge in [0.15, 0.2) is 0 Å². The van der Waals surface area contributed by atoms with Crippen molar-refractivity contribution in [1.82, 2.24) is 0 Å². The number of anilines is 2. The average Bonchev–Trinajstić information content (AvgIpc) is 2.99. The Balaban J connectivity index is 1.77. The second-order valence-corrected chi connectivity index (χ2v) is 7.45. The zero-order valence-electron chi connectivity index (χ0n) is 12.2. The molecule has 1 amide bonds. The van der Waals surface area contributed by atoms with Gasteiger partial charge in [-0.15, -0.1) is 23.2 Å². The second-order valence-electron chi connectivity index (χ2n) is 5.96. The van der Waals surface area contributed by atoms with Gasteiger partial charge in [-0.05, 0) is 31.5 Å². The van der Waals surface area contributed by atoms with Crippen molar-refractivity contribution in [2.24, 2.45) is 5.41 Å². The quantitative estimate of drug-likeness (QED) is 0.854.